The first-order chi connectivity index (χ1) is 22.9. The summed E-state index contributed by atoms with van der Waals surface area (Å²) in [5.41, 5.74) is 14.9. The van der Waals surface area contributed by atoms with Crippen LogP contribution in [0.2, 0.25) is 0 Å². The average molecular weight is 1140 g/mol. The Morgan fingerprint density at radius 1 is 0.519 bits per heavy atom. The van der Waals surface area contributed by atoms with Gasteiger partial charge in [0.25, 0.3) is 0 Å². The monoisotopic (exact) mass is 1130 g/mol. The largest absolute Gasteiger partial charge is 0.255 e. The molecule has 0 aliphatic carbocycles. The molecule has 11 heteroatoms. The van der Waals surface area contributed by atoms with E-state index in [0.717, 1.165) is 27.2 Å². The maximum absolute atomic E-state index is 5.04. The van der Waals surface area contributed by atoms with Crippen molar-refractivity contribution in [1.29, 1.82) is 0 Å². The third-order valence-electron chi connectivity index (χ3n) is 8.85. The van der Waals surface area contributed by atoms with Crippen LogP contribution in [-0.4, -0.2) is 22.4 Å². The zero-order valence-corrected chi connectivity index (χ0v) is 42.4. The van der Waals surface area contributed by atoms with E-state index in [-0.39, 0.29) is 101 Å². The molecule has 0 radical (unpaired) electrons. The van der Waals surface area contributed by atoms with Crippen molar-refractivity contribution in [2.45, 2.75) is 86.0 Å². The van der Waals surface area contributed by atoms with Crippen LogP contribution < -0.4 is 0 Å². The summed E-state index contributed by atoms with van der Waals surface area (Å²) in [7, 11) is 0. The Morgan fingerprint density at radius 2 is 0.833 bits per heavy atom. The number of hydrogen-bond acceptors (Lipinski definition) is 4. The second-order valence-electron chi connectivity index (χ2n) is 13.8. The van der Waals surface area contributed by atoms with Gasteiger partial charge in [-0.15, -0.1) is 67.9 Å². The van der Waals surface area contributed by atoms with Crippen molar-refractivity contribution in [2.75, 3.05) is 0 Å². The standard InChI is InChI=1S/C43H47BrN4.4BrH.2Ni/c1-26(2)36-18-31(19-37(27(3)4)42(36)47-24-34-14-10-12-16-45-34)40-22-33(44)23-41(30(40)9)32-20-38(28(5)6)43(39(21-32)29(7)8)48-25-35-15-11-13-17-46-35;;;;;;/h10-29H,1-9H3;4*1H;;. The van der Waals surface area contributed by atoms with Gasteiger partial charge in [-0.25, -0.2) is 0 Å². The first-order valence-electron chi connectivity index (χ1n) is 17.0. The van der Waals surface area contributed by atoms with E-state index in [9.17, 15) is 0 Å². The van der Waals surface area contributed by atoms with Crippen LogP contribution in [0.4, 0.5) is 11.4 Å². The molecule has 0 N–H and O–H groups in total. The average Bonchev–Trinajstić information content (AvgIpc) is 3.07. The van der Waals surface area contributed by atoms with Gasteiger partial charge < -0.3 is 0 Å². The van der Waals surface area contributed by atoms with Gasteiger partial charge in [0.1, 0.15) is 0 Å². The first-order valence-corrected chi connectivity index (χ1v) is 17.8. The van der Waals surface area contributed by atoms with Crippen LogP contribution in [0.1, 0.15) is 118 Å². The molecule has 5 aromatic rings. The Morgan fingerprint density at radius 3 is 1.09 bits per heavy atom. The fourth-order valence-electron chi connectivity index (χ4n) is 6.17. The molecule has 3 aromatic carbocycles. The molecule has 2 aromatic heterocycles. The summed E-state index contributed by atoms with van der Waals surface area (Å²) in [6.07, 6.45) is 7.39. The smallest absolute Gasteiger partial charge is 0.0812 e. The number of rotatable bonds is 10. The summed E-state index contributed by atoms with van der Waals surface area (Å²) >= 11 is 3.90. The van der Waals surface area contributed by atoms with Gasteiger partial charge in [0.2, 0.25) is 0 Å². The molecule has 0 atom stereocenters. The molecule has 0 saturated carbocycles. The Labute approximate surface area is 393 Å². The Bertz CT molecular complexity index is 1770. The van der Waals surface area contributed by atoms with Crippen molar-refractivity contribution >= 4 is 108 Å². The normalized spacial score (nSPS) is 10.8. The number of nitrogens with zero attached hydrogens (tertiary/aromatic N) is 4. The molecule has 0 fully saturated rings. The van der Waals surface area contributed by atoms with Crippen LogP contribution in [0.25, 0.3) is 22.3 Å². The van der Waals surface area contributed by atoms with Crippen molar-refractivity contribution in [2.24, 2.45) is 9.98 Å². The van der Waals surface area contributed by atoms with E-state index in [1.165, 1.54) is 50.1 Å². The van der Waals surface area contributed by atoms with Gasteiger partial charge in [-0.1, -0.05) is 83.5 Å². The molecule has 0 amide bonds. The molecule has 0 bridgehead atoms. The van der Waals surface area contributed by atoms with Gasteiger partial charge >= 0.3 is 0 Å². The molecule has 298 valence electrons. The maximum Gasteiger partial charge on any atom is 0.0812 e. The number of pyridine rings is 2. The third-order valence-corrected chi connectivity index (χ3v) is 9.31. The maximum atomic E-state index is 5.04. The number of halogens is 5. The van der Waals surface area contributed by atoms with Crippen LogP contribution in [0.5, 0.6) is 0 Å². The minimum Gasteiger partial charge on any atom is -0.255 e. The predicted octanol–water partition coefficient (Wildman–Crippen LogP) is 15.2. The summed E-state index contributed by atoms with van der Waals surface area (Å²) in [5.74, 6) is 1.19. The van der Waals surface area contributed by atoms with Crippen LogP contribution >= 0.6 is 83.9 Å². The molecule has 0 aliphatic heterocycles. The van der Waals surface area contributed by atoms with E-state index < -0.39 is 0 Å². The van der Waals surface area contributed by atoms with E-state index in [2.05, 4.69) is 125 Å². The van der Waals surface area contributed by atoms with Gasteiger partial charge in [-0.05, 0) is 141 Å². The predicted molar refractivity (Wildman–Crippen MR) is 250 cm³/mol. The van der Waals surface area contributed by atoms with E-state index >= 15 is 0 Å². The molecule has 0 unspecified atom stereocenters. The van der Waals surface area contributed by atoms with Crippen LogP contribution in [0.15, 0.2) is 99.6 Å². The number of aromatic nitrogens is 2. The molecule has 0 aliphatic rings. The van der Waals surface area contributed by atoms with Crippen molar-refractivity contribution in [3.05, 3.63) is 129 Å². The summed E-state index contributed by atoms with van der Waals surface area (Å²) in [5, 5.41) is 0. The second-order valence-corrected chi connectivity index (χ2v) is 14.7. The quantitative estimate of drug-likeness (QED) is 0.103. The molecule has 2 heterocycles. The SMILES string of the molecule is Br.Br.Br.Br.Cc1c(-c2cc(C(C)C)c(N=Cc3ccccn3)c(C(C)C)c2)cc(Br)cc1-c1cc(C(C)C)c(N=Cc2ccccn2)c(C(C)C)c1.[Ni].[Ni]. The number of benzene rings is 3. The van der Waals surface area contributed by atoms with Crippen LogP contribution in [-0.2, 0) is 33.0 Å². The summed E-state index contributed by atoms with van der Waals surface area (Å²) in [6, 6.07) is 25.7. The summed E-state index contributed by atoms with van der Waals surface area (Å²) < 4.78 is 1.06. The molecule has 4 nitrogen and oxygen atoms in total. The molecule has 54 heavy (non-hydrogen) atoms. The fourth-order valence-corrected chi connectivity index (χ4v) is 6.63. The van der Waals surface area contributed by atoms with Gasteiger partial charge in [-0.3, -0.25) is 20.0 Å². The van der Waals surface area contributed by atoms with Gasteiger partial charge in [-0.2, -0.15) is 0 Å². The molecule has 0 spiro atoms. The molecule has 5 rings (SSSR count). The number of hydrogen-bond donors (Lipinski definition) is 0. The zero-order chi connectivity index (χ0) is 34.5. The van der Waals surface area contributed by atoms with Crippen molar-refractivity contribution in [3.8, 4) is 22.3 Å². The zero-order valence-electron chi connectivity index (χ0n) is 32.0. The minimum absolute atomic E-state index is 0. The number of aliphatic imine (C=N–C) groups is 2. The summed E-state index contributed by atoms with van der Waals surface area (Å²) in [4.78, 5) is 19.0. The van der Waals surface area contributed by atoms with E-state index in [1.54, 1.807) is 0 Å². The van der Waals surface area contributed by atoms with Crippen molar-refractivity contribution in [3.63, 3.8) is 0 Å². The van der Waals surface area contributed by atoms with Crippen LogP contribution in [0, 0.1) is 6.92 Å². The van der Waals surface area contributed by atoms with Crippen molar-refractivity contribution in [1.82, 2.24) is 9.97 Å². The van der Waals surface area contributed by atoms with Crippen LogP contribution in [0.3, 0.4) is 0 Å². The molecular weight excluding hydrogens is 1090 g/mol. The topological polar surface area (TPSA) is 50.5 Å². The Kier molecular flexibility index (Phi) is 25.5. The van der Waals surface area contributed by atoms with Gasteiger partial charge in [0.05, 0.1) is 35.2 Å². The van der Waals surface area contributed by atoms with Gasteiger partial charge in [0.15, 0.2) is 0 Å². The molecule has 0 saturated heterocycles. The first kappa shape index (κ1) is 54.8. The minimum atomic E-state index is 0. The second kappa shape index (κ2) is 25.1. The Balaban J connectivity index is 0. The third kappa shape index (κ3) is 13.4. The van der Waals surface area contributed by atoms with Crippen molar-refractivity contribution < 1.29 is 33.0 Å². The van der Waals surface area contributed by atoms with E-state index in [1.807, 2.05) is 61.2 Å². The Hall–Kier alpha value is -1.31. The van der Waals surface area contributed by atoms with E-state index in [4.69, 9.17) is 9.98 Å². The fraction of sp³-hybridized carbons (Fsp3) is 0.302. The summed E-state index contributed by atoms with van der Waals surface area (Å²) in [6.45, 7) is 20.3. The molecular formula is C43H51Br5N4Ni2. The van der Waals surface area contributed by atoms with E-state index in [0.29, 0.717) is 23.7 Å². The van der Waals surface area contributed by atoms with Gasteiger partial charge in [0, 0.05) is 49.8 Å².